The average molecular weight is 252 g/mol. The summed E-state index contributed by atoms with van der Waals surface area (Å²) < 4.78 is 0. The van der Waals surface area contributed by atoms with Gasteiger partial charge in [0, 0.05) is 17.4 Å². The summed E-state index contributed by atoms with van der Waals surface area (Å²) in [6.45, 7) is 4.11. The minimum atomic E-state index is -0.325. The minimum absolute atomic E-state index is 0.166. The molecule has 1 fully saturated rings. The normalized spacial score (nSPS) is 23.6. The molecule has 0 aliphatic carbocycles. The first kappa shape index (κ1) is 12.2. The van der Waals surface area contributed by atoms with Gasteiger partial charge in [-0.15, -0.1) is 0 Å². The summed E-state index contributed by atoms with van der Waals surface area (Å²) in [4.78, 5) is 10.6. The van der Waals surface area contributed by atoms with Crippen LogP contribution < -0.4 is 5.32 Å². The fourth-order valence-electron chi connectivity index (χ4n) is 2.05. The number of anilines is 1. The van der Waals surface area contributed by atoms with Crippen molar-refractivity contribution in [3.05, 3.63) is 33.9 Å². The molecule has 0 aromatic heterocycles. The molecule has 2 unspecified atom stereocenters. The number of hydrogen-bond donors (Lipinski definition) is 1. The molecule has 92 valence electrons. The molecule has 0 radical (unpaired) electrons. The molecule has 2 atom stereocenters. The zero-order chi connectivity index (χ0) is 12.4. The van der Waals surface area contributed by atoms with Crippen LogP contribution in [-0.2, 0) is 0 Å². The number of hydrogen-bond acceptors (Lipinski definition) is 4. The van der Waals surface area contributed by atoms with Gasteiger partial charge in [0.05, 0.1) is 4.92 Å². The molecule has 5 heteroatoms. The first-order chi connectivity index (χ1) is 8.08. The van der Waals surface area contributed by atoms with Crippen LogP contribution in [0.15, 0.2) is 18.2 Å². The van der Waals surface area contributed by atoms with E-state index in [-0.39, 0.29) is 10.6 Å². The Balaban J connectivity index is 2.24. The van der Waals surface area contributed by atoms with Gasteiger partial charge >= 0.3 is 0 Å². The average Bonchev–Trinajstić information content (AvgIpc) is 2.64. The van der Waals surface area contributed by atoms with Crippen LogP contribution in [0.1, 0.15) is 18.9 Å². The highest BCUT2D eigenvalue weighted by Crippen LogP contribution is 2.32. The second-order valence-corrected chi connectivity index (χ2v) is 5.88. The van der Waals surface area contributed by atoms with Crippen molar-refractivity contribution in [2.24, 2.45) is 0 Å². The molecule has 1 N–H and O–H groups in total. The molecule has 1 aliphatic rings. The van der Waals surface area contributed by atoms with E-state index in [1.54, 1.807) is 12.1 Å². The van der Waals surface area contributed by atoms with Gasteiger partial charge in [-0.3, -0.25) is 10.1 Å². The predicted molar refractivity (Wildman–Crippen MR) is 71.8 cm³/mol. The number of nitrogens with zero attached hydrogens (tertiary/aromatic N) is 1. The van der Waals surface area contributed by atoms with Crippen molar-refractivity contribution in [3.63, 3.8) is 0 Å². The van der Waals surface area contributed by atoms with Gasteiger partial charge in [0.2, 0.25) is 0 Å². The van der Waals surface area contributed by atoms with Gasteiger partial charge in [-0.05, 0) is 30.7 Å². The number of thioether (sulfide) groups is 1. The number of nitrogens with one attached hydrogen (secondary N) is 1. The number of nitro groups is 1. The first-order valence-electron chi connectivity index (χ1n) is 5.71. The molecule has 1 heterocycles. The number of rotatable bonds is 3. The standard InChI is InChI=1S/C12H16N2O2S/c1-8-3-4-12(14(15)16)11(7-8)13-10-5-6-17-9(10)2/h3-4,7,9-10,13H,5-6H2,1-2H3. The highest BCUT2D eigenvalue weighted by atomic mass is 32.2. The molecular formula is C12H16N2O2S. The lowest BCUT2D eigenvalue weighted by Gasteiger charge is -2.18. The Kier molecular flexibility index (Phi) is 3.57. The van der Waals surface area contributed by atoms with Gasteiger partial charge in [0.1, 0.15) is 5.69 Å². The largest absolute Gasteiger partial charge is 0.376 e. The van der Waals surface area contributed by atoms with Gasteiger partial charge < -0.3 is 5.32 Å². The van der Waals surface area contributed by atoms with E-state index in [1.165, 1.54) is 0 Å². The van der Waals surface area contributed by atoms with Crippen LogP contribution in [0.4, 0.5) is 11.4 Å². The number of aryl methyl sites for hydroxylation is 1. The molecule has 0 saturated carbocycles. The highest BCUT2D eigenvalue weighted by molar-refractivity contribution is 8.00. The van der Waals surface area contributed by atoms with Crippen LogP contribution in [-0.4, -0.2) is 22.0 Å². The van der Waals surface area contributed by atoms with Crippen LogP contribution in [0.3, 0.4) is 0 Å². The van der Waals surface area contributed by atoms with E-state index >= 15 is 0 Å². The molecule has 1 aromatic rings. The summed E-state index contributed by atoms with van der Waals surface area (Å²) in [6, 6.07) is 5.54. The minimum Gasteiger partial charge on any atom is -0.376 e. The van der Waals surface area contributed by atoms with Gasteiger partial charge in [-0.25, -0.2) is 0 Å². The number of benzene rings is 1. The quantitative estimate of drug-likeness (QED) is 0.663. The molecule has 0 spiro atoms. The third-order valence-corrected chi connectivity index (χ3v) is 4.39. The van der Waals surface area contributed by atoms with Crippen molar-refractivity contribution in [1.82, 2.24) is 0 Å². The molecule has 0 bridgehead atoms. The van der Waals surface area contributed by atoms with Crippen LogP contribution in [0.25, 0.3) is 0 Å². The Morgan fingerprint density at radius 3 is 2.88 bits per heavy atom. The smallest absolute Gasteiger partial charge is 0.292 e. The molecule has 2 rings (SSSR count). The molecule has 4 nitrogen and oxygen atoms in total. The van der Waals surface area contributed by atoms with Gasteiger partial charge in [0.15, 0.2) is 0 Å². The van der Waals surface area contributed by atoms with Crippen LogP contribution in [0.2, 0.25) is 0 Å². The first-order valence-corrected chi connectivity index (χ1v) is 6.76. The lowest BCUT2D eigenvalue weighted by Crippen LogP contribution is -2.25. The summed E-state index contributed by atoms with van der Waals surface area (Å²) in [5, 5.41) is 14.8. The fraction of sp³-hybridized carbons (Fsp3) is 0.500. The Morgan fingerprint density at radius 2 is 2.29 bits per heavy atom. The van der Waals surface area contributed by atoms with Gasteiger partial charge in [-0.2, -0.15) is 11.8 Å². The molecule has 0 amide bonds. The Labute approximate surface area is 105 Å². The molecular weight excluding hydrogens is 236 g/mol. The predicted octanol–water partition coefficient (Wildman–Crippen LogP) is 3.21. The maximum Gasteiger partial charge on any atom is 0.292 e. The molecule has 1 aromatic carbocycles. The van der Waals surface area contributed by atoms with E-state index in [9.17, 15) is 10.1 Å². The second-order valence-electron chi connectivity index (χ2n) is 4.39. The topological polar surface area (TPSA) is 55.2 Å². The highest BCUT2D eigenvalue weighted by Gasteiger charge is 2.26. The van der Waals surface area contributed by atoms with Gasteiger partial charge in [-0.1, -0.05) is 13.0 Å². The maximum absolute atomic E-state index is 10.9. The van der Waals surface area contributed by atoms with Crippen molar-refractivity contribution >= 4 is 23.1 Å². The lowest BCUT2D eigenvalue weighted by atomic mass is 10.1. The zero-order valence-corrected chi connectivity index (χ0v) is 10.8. The van der Waals surface area contributed by atoms with Crippen molar-refractivity contribution in [2.75, 3.05) is 11.1 Å². The van der Waals surface area contributed by atoms with E-state index in [1.807, 2.05) is 24.8 Å². The molecule has 17 heavy (non-hydrogen) atoms. The van der Waals surface area contributed by atoms with Crippen LogP contribution in [0, 0.1) is 17.0 Å². The van der Waals surface area contributed by atoms with E-state index < -0.39 is 0 Å². The van der Waals surface area contributed by atoms with E-state index in [4.69, 9.17) is 0 Å². The van der Waals surface area contributed by atoms with Crippen LogP contribution >= 0.6 is 11.8 Å². The molecule has 1 saturated heterocycles. The number of nitro benzene ring substituents is 1. The van der Waals surface area contributed by atoms with Crippen molar-refractivity contribution in [3.8, 4) is 0 Å². The summed E-state index contributed by atoms with van der Waals surface area (Å²) in [6.07, 6.45) is 1.07. The van der Waals surface area contributed by atoms with E-state index in [0.717, 1.165) is 17.7 Å². The Morgan fingerprint density at radius 1 is 1.53 bits per heavy atom. The maximum atomic E-state index is 10.9. The van der Waals surface area contributed by atoms with Crippen molar-refractivity contribution in [1.29, 1.82) is 0 Å². The Bertz CT molecular complexity index is 437. The molecule has 1 aliphatic heterocycles. The van der Waals surface area contributed by atoms with Crippen molar-refractivity contribution < 1.29 is 4.92 Å². The SMILES string of the molecule is Cc1ccc([N+](=O)[O-])c(NC2CCSC2C)c1. The van der Waals surface area contributed by atoms with Crippen molar-refractivity contribution in [2.45, 2.75) is 31.6 Å². The monoisotopic (exact) mass is 252 g/mol. The summed E-state index contributed by atoms with van der Waals surface area (Å²) >= 11 is 1.91. The summed E-state index contributed by atoms with van der Waals surface area (Å²) in [5.74, 6) is 1.12. The second kappa shape index (κ2) is 4.96. The Hall–Kier alpha value is -1.23. The fourth-order valence-corrected chi connectivity index (χ4v) is 3.24. The third kappa shape index (κ3) is 2.72. The summed E-state index contributed by atoms with van der Waals surface area (Å²) in [7, 11) is 0. The summed E-state index contributed by atoms with van der Waals surface area (Å²) in [5.41, 5.74) is 1.85. The third-order valence-electron chi connectivity index (χ3n) is 3.07. The lowest BCUT2D eigenvalue weighted by molar-refractivity contribution is -0.384. The van der Waals surface area contributed by atoms with E-state index in [0.29, 0.717) is 17.0 Å². The zero-order valence-electron chi connectivity index (χ0n) is 9.97. The van der Waals surface area contributed by atoms with Gasteiger partial charge in [0.25, 0.3) is 5.69 Å². The van der Waals surface area contributed by atoms with Crippen LogP contribution in [0.5, 0.6) is 0 Å². The van der Waals surface area contributed by atoms with E-state index in [2.05, 4.69) is 12.2 Å².